The predicted octanol–water partition coefficient (Wildman–Crippen LogP) is 4.42. The zero-order valence-corrected chi connectivity index (χ0v) is 15.6. The van der Waals surface area contributed by atoms with E-state index in [4.69, 9.17) is 0 Å². The van der Waals surface area contributed by atoms with Gasteiger partial charge in [-0.25, -0.2) is 4.39 Å². The SMILES string of the molecule is Cc1ccc2c(c1)-c1c(c(C(=O)N(C)c3ccccc3F)nn1C)CS2. The summed E-state index contributed by atoms with van der Waals surface area (Å²) in [6.45, 7) is 2.05. The van der Waals surface area contributed by atoms with E-state index in [1.54, 1.807) is 41.7 Å². The van der Waals surface area contributed by atoms with E-state index < -0.39 is 5.82 Å². The zero-order valence-electron chi connectivity index (χ0n) is 14.8. The van der Waals surface area contributed by atoms with Crippen molar-refractivity contribution in [3.63, 3.8) is 0 Å². The number of aromatic nitrogens is 2. The maximum atomic E-state index is 14.1. The molecule has 1 aliphatic rings. The van der Waals surface area contributed by atoms with E-state index >= 15 is 0 Å². The van der Waals surface area contributed by atoms with Gasteiger partial charge in [0.05, 0.1) is 11.4 Å². The number of benzene rings is 2. The Labute approximate surface area is 155 Å². The van der Waals surface area contributed by atoms with Gasteiger partial charge in [-0.1, -0.05) is 23.8 Å². The van der Waals surface area contributed by atoms with Crippen molar-refractivity contribution in [2.75, 3.05) is 11.9 Å². The van der Waals surface area contributed by atoms with Crippen LogP contribution in [-0.4, -0.2) is 22.7 Å². The van der Waals surface area contributed by atoms with E-state index in [0.29, 0.717) is 11.4 Å². The fourth-order valence-corrected chi connectivity index (χ4v) is 4.36. The maximum Gasteiger partial charge on any atom is 0.278 e. The van der Waals surface area contributed by atoms with Crippen LogP contribution < -0.4 is 4.90 Å². The summed E-state index contributed by atoms with van der Waals surface area (Å²) >= 11 is 1.70. The number of nitrogens with zero attached hydrogens (tertiary/aromatic N) is 3. The highest BCUT2D eigenvalue weighted by Crippen LogP contribution is 2.43. The Kier molecular flexibility index (Phi) is 4.07. The van der Waals surface area contributed by atoms with Gasteiger partial charge < -0.3 is 4.90 Å². The molecule has 0 fully saturated rings. The lowest BCUT2D eigenvalue weighted by molar-refractivity contribution is 0.0986. The number of carbonyl (C=O) groups excluding carboxylic acids is 1. The van der Waals surface area contributed by atoms with Crippen LogP contribution in [0.3, 0.4) is 0 Å². The highest BCUT2D eigenvalue weighted by atomic mass is 32.2. The van der Waals surface area contributed by atoms with E-state index in [9.17, 15) is 9.18 Å². The molecule has 0 unspecified atom stereocenters. The summed E-state index contributed by atoms with van der Waals surface area (Å²) < 4.78 is 15.8. The van der Waals surface area contributed by atoms with E-state index in [-0.39, 0.29) is 11.6 Å². The minimum atomic E-state index is -0.427. The highest BCUT2D eigenvalue weighted by molar-refractivity contribution is 7.98. The van der Waals surface area contributed by atoms with Gasteiger partial charge in [0.15, 0.2) is 5.69 Å². The lowest BCUT2D eigenvalue weighted by atomic mass is 10.0. The molecule has 0 radical (unpaired) electrons. The van der Waals surface area contributed by atoms with Crippen molar-refractivity contribution < 1.29 is 9.18 Å². The molecule has 4 nitrogen and oxygen atoms in total. The molecule has 6 heteroatoms. The molecule has 0 saturated heterocycles. The Bertz CT molecular complexity index is 1030. The average molecular weight is 367 g/mol. The van der Waals surface area contributed by atoms with Crippen LogP contribution in [0.5, 0.6) is 0 Å². The van der Waals surface area contributed by atoms with Crippen molar-refractivity contribution in [1.29, 1.82) is 0 Å². The summed E-state index contributed by atoms with van der Waals surface area (Å²) in [6, 6.07) is 12.6. The molecule has 0 saturated carbocycles. The number of hydrogen-bond donors (Lipinski definition) is 0. The third-order valence-electron chi connectivity index (χ3n) is 4.63. The van der Waals surface area contributed by atoms with Crippen LogP contribution in [0, 0.1) is 12.7 Å². The number of carbonyl (C=O) groups is 1. The number of fused-ring (bicyclic) bond motifs is 3. The average Bonchev–Trinajstić information content (AvgIpc) is 2.98. The summed E-state index contributed by atoms with van der Waals surface area (Å²) in [5.41, 5.74) is 4.76. The molecule has 0 N–H and O–H groups in total. The van der Waals surface area contributed by atoms with Gasteiger partial charge in [-0.3, -0.25) is 9.48 Å². The first-order valence-electron chi connectivity index (χ1n) is 8.29. The summed E-state index contributed by atoms with van der Waals surface area (Å²) in [4.78, 5) is 15.6. The highest BCUT2D eigenvalue weighted by Gasteiger charge is 2.30. The standard InChI is InChI=1S/C20H18FN3OS/c1-12-8-9-17-13(10-12)19-14(11-26-17)18(22-24(19)3)20(25)23(2)16-7-5-4-6-15(16)21/h4-10H,11H2,1-3H3. The largest absolute Gasteiger partial charge is 0.307 e. The molecule has 1 amide bonds. The van der Waals surface area contributed by atoms with E-state index in [1.807, 2.05) is 14.0 Å². The van der Waals surface area contributed by atoms with Crippen molar-refractivity contribution in [3.05, 3.63) is 65.1 Å². The molecule has 0 aliphatic carbocycles. The second-order valence-electron chi connectivity index (χ2n) is 6.40. The smallest absolute Gasteiger partial charge is 0.278 e. The van der Waals surface area contributed by atoms with Gasteiger partial charge in [0.1, 0.15) is 5.82 Å². The first-order valence-corrected chi connectivity index (χ1v) is 9.28. The Morgan fingerprint density at radius 3 is 2.81 bits per heavy atom. The Morgan fingerprint density at radius 1 is 1.27 bits per heavy atom. The minimum absolute atomic E-state index is 0.247. The summed E-state index contributed by atoms with van der Waals surface area (Å²) in [5, 5.41) is 4.49. The number of halogens is 1. The van der Waals surface area contributed by atoms with Gasteiger partial charge >= 0.3 is 0 Å². The maximum absolute atomic E-state index is 14.1. The van der Waals surface area contributed by atoms with Gasteiger partial charge in [-0.2, -0.15) is 5.10 Å². The van der Waals surface area contributed by atoms with Crippen molar-refractivity contribution >= 4 is 23.4 Å². The second-order valence-corrected chi connectivity index (χ2v) is 7.42. The molecule has 1 aromatic heterocycles. The first kappa shape index (κ1) is 16.8. The molecule has 2 aromatic carbocycles. The van der Waals surface area contributed by atoms with Crippen LogP contribution in [0.1, 0.15) is 21.6 Å². The normalized spacial score (nSPS) is 12.5. The Balaban J connectivity index is 1.80. The second kappa shape index (κ2) is 6.29. The van der Waals surface area contributed by atoms with Crippen molar-refractivity contribution in [2.45, 2.75) is 17.6 Å². The zero-order chi connectivity index (χ0) is 18.4. The fourth-order valence-electron chi connectivity index (χ4n) is 3.31. The number of hydrogen-bond acceptors (Lipinski definition) is 3. The summed E-state index contributed by atoms with van der Waals surface area (Å²) in [6.07, 6.45) is 0. The summed E-state index contributed by atoms with van der Waals surface area (Å²) in [7, 11) is 3.43. The van der Waals surface area contributed by atoms with E-state index in [2.05, 4.69) is 23.3 Å². The van der Waals surface area contributed by atoms with Crippen LogP contribution in [0.25, 0.3) is 11.3 Å². The molecular weight excluding hydrogens is 349 g/mol. The van der Waals surface area contributed by atoms with Gasteiger partial charge in [0.2, 0.25) is 0 Å². The number of thioether (sulfide) groups is 1. The lowest BCUT2D eigenvalue weighted by Crippen LogP contribution is -2.28. The van der Waals surface area contributed by atoms with Crippen LogP contribution in [0.15, 0.2) is 47.4 Å². The number of anilines is 1. The molecule has 0 bridgehead atoms. The monoisotopic (exact) mass is 367 g/mol. The van der Waals surface area contributed by atoms with Crippen LogP contribution in [0.2, 0.25) is 0 Å². The molecule has 26 heavy (non-hydrogen) atoms. The van der Waals surface area contributed by atoms with Gasteiger partial charge in [0, 0.05) is 35.9 Å². The third-order valence-corrected chi connectivity index (χ3v) is 5.73. The number of para-hydroxylation sites is 1. The molecule has 2 heterocycles. The quantitative estimate of drug-likeness (QED) is 0.673. The molecule has 4 rings (SSSR count). The number of amides is 1. The van der Waals surface area contributed by atoms with Crippen molar-refractivity contribution in [2.24, 2.45) is 7.05 Å². The fraction of sp³-hybridized carbons (Fsp3) is 0.200. The molecule has 1 aliphatic heterocycles. The Hall–Kier alpha value is -2.60. The molecule has 0 atom stereocenters. The molecule has 132 valence electrons. The lowest BCUT2D eigenvalue weighted by Gasteiger charge is -2.20. The predicted molar refractivity (Wildman–Crippen MR) is 102 cm³/mol. The van der Waals surface area contributed by atoms with Crippen LogP contribution in [0.4, 0.5) is 10.1 Å². The third kappa shape index (κ3) is 2.61. The van der Waals surface area contributed by atoms with Crippen LogP contribution >= 0.6 is 11.8 Å². The Morgan fingerprint density at radius 2 is 2.04 bits per heavy atom. The van der Waals surface area contributed by atoms with Gasteiger partial charge in [-0.15, -0.1) is 11.8 Å². The van der Waals surface area contributed by atoms with E-state index in [1.165, 1.54) is 15.9 Å². The topological polar surface area (TPSA) is 38.1 Å². The van der Waals surface area contributed by atoms with Gasteiger partial charge in [-0.05, 0) is 31.2 Å². The van der Waals surface area contributed by atoms with E-state index in [0.717, 1.165) is 22.4 Å². The molecule has 3 aromatic rings. The molecule has 0 spiro atoms. The number of aryl methyl sites for hydroxylation is 2. The number of rotatable bonds is 2. The summed E-state index contributed by atoms with van der Waals surface area (Å²) in [5.74, 6) is -0.0575. The van der Waals surface area contributed by atoms with Crippen molar-refractivity contribution in [3.8, 4) is 11.3 Å². The first-order chi connectivity index (χ1) is 12.5. The minimum Gasteiger partial charge on any atom is -0.307 e. The molecular formula is C20H18FN3OS. The van der Waals surface area contributed by atoms with Gasteiger partial charge in [0.25, 0.3) is 5.91 Å². The van der Waals surface area contributed by atoms with Crippen LogP contribution in [-0.2, 0) is 12.8 Å². The van der Waals surface area contributed by atoms with Crippen molar-refractivity contribution in [1.82, 2.24) is 9.78 Å².